The first-order valence-electron chi connectivity index (χ1n) is 4.83. The molecule has 1 heterocycles. The van der Waals surface area contributed by atoms with Crippen molar-refractivity contribution in [2.24, 2.45) is 5.73 Å². The second-order valence-corrected chi connectivity index (χ2v) is 4.20. The molecule has 0 unspecified atom stereocenters. The zero-order valence-corrected chi connectivity index (χ0v) is 9.63. The third-order valence-electron chi connectivity index (χ3n) is 2.43. The lowest BCUT2D eigenvalue weighted by atomic mass is 10.0. The van der Waals surface area contributed by atoms with Crippen molar-refractivity contribution in [2.75, 3.05) is 7.11 Å². The summed E-state index contributed by atoms with van der Waals surface area (Å²) in [5.41, 5.74) is 7.70. The summed E-state index contributed by atoms with van der Waals surface area (Å²) in [6.45, 7) is 0. The molecule has 0 spiro atoms. The first kappa shape index (κ1) is 11.1. The molecule has 0 saturated carbocycles. The van der Waals surface area contributed by atoms with Crippen LogP contribution >= 0.6 is 11.3 Å². The third kappa shape index (κ3) is 2.08. The van der Waals surface area contributed by atoms with Gasteiger partial charge in [0.15, 0.2) is 0 Å². The number of methoxy groups -OCH3 is 1. The molecule has 0 saturated heterocycles. The monoisotopic (exact) mass is 237 g/mol. The normalized spacial score (nSPS) is 12.4. The standard InChI is InChI=1S/C12H12FNOS/c1-15-11-3-2-9(13)6-10(11)12(14)8-4-5-16-7-8/h2-7,12H,14H2,1H3/t12-/m1/s1. The van der Waals surface area contributed by atoms with Crippen molar-refractivity contribution in [2.45, 2.75) is 6.04 Å². The van der Waals surface area contributed by atoms with Gasteiger partial charge in [0.05, 0.1) is 13.2 Å². The highest BCUT2D eigenvalue weighted by Gasteiger charge is 2.15. The second kappa shape index (κ2) is 4.63. The Balaban J connectivity index is 2.42. The van der Waals surface area contributed by atoms with Crippen LogP contribution in [-0.2, 0) is 0 Å². The van der Waals surface area contributed by atoms with E-state index in [1.807, 2.05) is 16.8 Å². The van der Waals surface area contributed by atoms with Gasteiger partial charge in [-0.2, -0.15) is 11.3 Å². The summed E-state index contributed by atoms with van der Waals surface area (Å²) in [6.07, 6.45) is 0. The summed E-state index contributed by atoms with van der Waals surface area (Å²) in [5.74, 6) is 0.307. The van der Waals surface area contributed by atoms with Crippen LogP contribution < -0.4 is 10.5 Å². The van der Waals surface area contributed by atoms with Crippen molar-refractivity contribution in [1.29, 1.82) is 0 Å². The summed E-state index contributed by atoms with van der Waals surface area (Å²) in [6, 6.07) is 5.96. The molecule has 2 nitrogen and oxygen atoms in total. The molecule has 1 aromatic heterocycles. The maximum Gasteiger partial charge on any atom is 0.124 e. The van der Waals surface area contributed by atoms with E-state index in [2.05, 4.69) is 0 Å². The second-order valence-electron chi connectivity index (χ2n) is 3.42. The van der Waals surface area contributed by atoms with E-state index in [1.54, 1.807) is 24.5 Å². The fourth-order valence-electron chi connectivity index (χ4n) is 1.58. The Morgan fingerprint density at radius 3 is 2.81 bits per heavy atom. The van der Waals surface area contributed by atoms with Crippen LogP contribution in [0, 0.1) is 5.82 Å². The van der Waals surface area contributed by atoms with Gasteiger partial charge in [-0.15, -0.1) is 0 Å². The SMILES string of the molecule is COc1ccc(F)cc1[C@H](N)c1ccsc1. The lowest BCUT2D eigenvalue weighted by Gasteiger charge is -2.14. The Morgan fingerprint density at radius 1 is 1.38 bits per heavy atom. The number of rotatable bonds is 3. The number of halogens is 1. The van der Waals surface area contributed by atoms with Crippen molar-refractivity contribution in [1.82, 2.24) is 0 Å². The lowest BCUT2D eigenvalue weighted by molar-refractivity contribution is 0.406. The molecule has 1 aromatic carbocycles. The van der Waals surface area contributed by atoms with E-state index < -0.39 is 0 Å². The van der Waals surface area contributed by atoms with E-state index in [0.29, 0.717) is 11.3 Å². The van der Waals surface area contributed by atoms with Crippen LogP contribution in [0.2, 0.25) is 0 Å². The highest BCUT2D eigenvalue weighted by Crippen LogP contribution is 2.29. The van der Waals surface area contributed by atoms with Gasteiger partial charge in [-0.1, -0.05) is 0 Å². The summed E-state index contributed by atoms with van der Waals surface area (Å²) >= 11 is 1.57. The van der Waals surface area contributed by atoms with Crippen LogP contribution in [0.1, 0.15) is 17.2 Å². The van der Waals surface area contributed by atoms with Crippen LogP contribution in [0.25, 0.3) is 0 Å². The molecule has 0 amide bonds. The average Bonchev–Trinajstić information content (AvgIpc) is 2.81. The Hall–Kier alpha value is -1.39. The maximum atomic E-state index is 13.2. The molecule has 0 aliphatic heterocycles. The number of hydrogen-bond acceptors (Lipinski definition) is 3. The van der Waals surface area contributed by atoms with Crippen LogP contribution in [0.15, 0.2) is 35.0 Å². The van der Waals surface area contributed by atoms with E-state index in [9.17, 15) is 4.39 Å². The van der Waals surface area contributed by atoms with E-state index in [0.717, 1.165) is 5.56 Å². The lowest BCUT2D eigenvalue weighted by Crippen LogP contribution is -2.12. The van der Waals surface area contributed by atoms with Crippen molar-refractivity contribution >= 4 is 11.3 Å². The molecule has 16 heavy (non-hydrogen) atoms. The highest BCUT2D eigenvalue weighted by atomic mass is 32.1. The van der Waals surface area contributed by atoms with Crippen LogP contribution in [0.4, 0.5) is 4.39 Å². The minimum atomic E-state index is -0.350. The predicted molar refractivity (Wildman–Crippen MR) is 63.3 cm³/mol. The largest absolute Gasteiger partial charge is 0.496 e. The van der Waals surface area contributed by atoms with Crippen LogP contribution in [0.3, 0.4) is 0 Å². The zero-order valence-electron chi connectivity index (χ0n) is 8.81. The van der Waals surface area contributed by atoms with Gasteiger partial charge in [0.1, 0.15) is 11.6 Å². The van der Waals surface area contributed by atoms with Crippen molar-refractivity contribution in [3.63, 3.8) is 0 Å². The van der Waals surface area contributed by atoms with Crippen LogP contribution in [-0.4, -0.2) is 7.11 Å². The smallest absolute Gasteiger partial charge is 0.124 e. The van der Waals surface area contributed by atoms with Gasteiger partial charge < -0.3 is 10.5 Å². The topological polar surface area (TPSA) is 35.2 Å². The van der Waals surface area contributed by atoms with Crippen LogP contribution in [0.5, 0.6) is 5.75 Å². The third-order valence-corrected chi connectivity index (χ3v) is 3.13. The molecule has 0 fully saturated rings. The minimum absolute atomic E-state index is 0.304. The molecule has 0 aliphatic carbocycles. The summed E-state index contributed by atoms with van der Waals surface area (Å²) in [5, 5.41) is 3.90. The molecule has 84 valence electrons. The quantitative estimate of drug-likeness (QED) is 0.890. The van der Waals surface area contributed by atoms with Gasteiger partial charge in [-0.25, -0.2) is 4.39 Å². The summed E-state index contributed by atoms with van der Waals surface area (Å²) in [4.78, 5) is 0. The van der Waals surface area contributed by atoms with Gasteiger partial charge in [0.2, 0.25) is 0 Å². The average molecular weight is 237 g/mol. The Morgan fingerprint density at radius 2 is 2.19 bits per heavy atom. The fraction of sp³-hybridized carbons (Fsp3) is 0.167. The number of nitrogens with two attached hydrogens (primary N) is 1. The highest BCUT2D eigenvalue weighted by molar-refractivity contribution is 7.08. The molecule has 4 heteroatoms. The molecule has 0 bridgehead atoms. The molecule has 2 aromatic rings. The number of thiophene rings is 1. The fourth-order valence-corrected chi connectivity index (χ4v) is 2.28. The Bertz CT molecular complexity index is 470. The zero-order chi connectivity index (χ0) is 11.5. The number of hydrogen-bond donors (Lipinski definition) is 1. The molecule has 0 aliphatic rings. The molecular weight excluding hydrogens is 225 g/mol. The predicted octanol–water partition coefficient (Wildman–Crippen LogP) is 2.94. The van der Waals surface area contributed by atoms with Gasteiger partial charge in [-0.3, -0.25) is 0 Å². The Kier molecular flexibility index (Phi) is 3.22. The van der Waals surface area contributed by atoms with E-state index in [1.165, 1.54) is 12.1 Å². The summed E-state index contributed by atoms with van der Waals surface area (Å²) < 4.78 is 18.4. The van der Waals surface area contributed by atoms with E-state index in [-0.39, 0.29) is 11.9 Å². The van der Waals surface area contributed by atoms with Crippen molar-refractivity contribution in [3.8, 4) is 5.75 Å². The number of ether oxygens (including phenoxy) is 1. The molecule has 2 rings (SSSR count). The molecule has 0 radical (unpaired) electrons. The molecule has 2 N–H and O–H groups in total. The summed E-state index contributed by atoms with van der Waals surface area (Å²) in [7, 11) is 1.55. The van der Waals surface area contributed by atoms with Gasteiger partial charge in [-0.05, 0) is 40.6 Å². The van der Waals surface area contributed by atoms with E-state index >= 15 is 0 Å². The van der Waals surface area contributed by atoms with E-state index in [4.69, 9.17) is 10.5 Å². The first-order chi connectivity index (χ1) is 7.72. The van der Waals surface area contributed by atoms with Gasteiger partial charge in [0.25, 0.3) is 0 Å². The van der Waals surface area contributed by atoms with Crippen molar-refractivity contribution < 1.29 is 9.13 Å². The Labute approximate surface area is 97.5 Å². The molecule has 1 atom stereocenters. The maximum absolute atomic E-state index is 13.2. The van der Waals surface area contributed by atoms with Gasteiger partial charge in [0, 0.05) is 5.56 Å². The van der Waals surface area contributed by atoms with Crippen molar-refractivity contribution in [3.05, 3.63) is 52.0 Å². The number of benzene rings is 1. The first-order valence-corrected chi connectivity index (χ1v) is 5.77. The molecular formula is C12H12FNOS. The van der Waals surface area contributed by atoms with Gasteiger partial charge >= 0.3 is 0 Å². The minimum Gasteiger partial charge on any atom is -0.496 e.